The number of guanidine groups is 1. The molecule has 0 aromatic rings. The van der Waals surface area contributed by atoms with E-state index >= 15 is 0 Å². The van der Waals surface area contributed by atoms with E-state index in [0.717, 1.165) is 25.6 Å². The predicted octanol–water partition coefficient (Wildman–Crippen LogP) is 3.32. The minimum atomic E-state index is 0. The van der Waals surface area contributed by atoms with E-state index in [2.05, 4.69) is 36.4 Å². The summed E-state index contributed by atoms with van der Waals surface area (Å²) in [6.07, 6.45) is 8.33. The Balaban J connectivity index is 0.00000196. The van der Waals surface area contributed by atoms with Gasteiger partial charge in [-0.3, -0.25) is 4.99 Å². The monoisotopic (exact) mass is 477 g/mol. The maximum absolute atomic E-state index is 6.03. The fourth-order valence-electron chi connectivity index (χ4n) is 5.94. The van der Waals surface area contributed by atoms with Gasteiger partial charge in [0.1, 0.15) is 0 Å². The molecule has 6 heteroatoms. The second-order valence-corrected chi connectivity index (χ2v) is 9.08. The minimum Gasteiger partial charge on any atom is -0.378 e. The molecule has 5 atom stereocenters. The van der Waals surface area contributed by atoms with E-state index in [-0.39, 0.29) is 29.4 Å². The van der Waals surface area contributed by atoms with Crippen LogP contribution in [0.15, 0.2) is 4.99 Å². The third-order valence-electron chi connectivity index (χ3n) is 7.60. The summed E-state index contributed by atoms with van der Waals surface area (Å²) in [5.41, 5.74) is 0.531. The Labute approximate surface area is 175 Å². The molecule has 1 spiro atoms. The van der Waals surface area contributed by atoms with Gasteiger partial charge in [-0.25, -0.2) is 0 Å². The van der Waals surface area contributed by atoms with Gasteiger partial charge in [0.15, 0.2) is 5.96 Å². The smallest absolute Gasteiger partial charge is 0.191 e. The van der Waals surface area contributed by atoms with Gasteiger partial charge in [-0.05, 0) is 39.0 Å². The van der Waals surface area contributed by atoms with Gasteiger partial charge in [0.2, 0.25) is 0 Å². The van der Waals surface area contributed by atoms with Gasteiger partial charge in [0.05, 0.1) is 12.2 Å². The van der Waals surface area contributed by atoms with E-state index < -0.39 is 0 Å². The molecular formula is C20H36IN3O2. The average molecular weight is 477 g/mol. The van der Waals surface area contributed by atoms with Gasteiger partial charge in [-0.2, -0.15) is 0 Å². The highest BCUT2D eigenvalue weighted by atomic mass is 127. The van der Waals surface area contributed by atoms with Crippen LogP contribution in [0.25, 0.3) is 0 Å². The Kier molecular flexibility index (Phi) is 6.15. The van der Waals surface area contributed by atoms with Crippen molar-refractivity contribution in [3.63, 3.8) is 0 Å². The van der Waals surface area contributed by atoms with E-state index in [0.29, 0.717) is 35.6 Å². The van der Waals surface area contributed by atoms with Crippen molar-refractivity contribution < 1.29 is 9.47 Å². The van der Waals surface area contributed by atoms with Crippen LogP contribution in [0, 0.1) is 16.7 Å². The normalized spacial score (nSPS) is 39.5. The van der Waals surface area contributed by atoms with Gasteiger partial charge in [0, 0.05) is 49.1 Å². The Bertz CT molecular complexity index is 535. The topological polar surface area (TPSA) is 54.9 Å². The first-order chi connectivity index (χ1) is 12.0. The van der Waals surface area contributed by atoms with Crippen molar-refractivity contribution in [2.45, 2.75) is 83.6 Å². The zero-order chi connectivity index (χ0) is 17.7. The number of hydrogen-bond acceptors (Lipinski definition) is 3. The summed E-state index contributed by atoms with van der Waals surface area (Å²) in [4.78, 5) is 4.54. The molecule has 150 valence electrons. The van der Waals surface area contributed by atoms with Gasteiger partial charge in [-0.1, -0.05) is 20.3 Å². The molecule has 1 saturated heterocycles. The molecule has 3 saturated carbocycles. The van der Waals surface area contributed by atoms with Crippen molar-refractivity contribution >= 4 is 29.9 Å². The second kappa shape index (κ2) is 7.74. The predicted molar refractivity (Wildman–Crippen MR) is 115 cm³/mol. The zero-order valence-corrected chi connectivity index (χ0v) is 19.0. The summed E-state index contributed by atoms with van der Waals surface area (Å²) in [6, 6.07) is 0.953. The molecule has 3 aliphatic carbocycles. The van der Waals surface area contributed by atoms with Gasteiger partial charge >= 0.3 is 0 Å². The zero-order valence-electron chi connectivity index (χ0n) is 16.7. The summed E-state index contributed by atoms with van der Waals surface area (Å²) < 4.78 is 12.0. The Morgan fingerprint density at radius 2 is 2.00 bits per heavy atom. The molecule has 0 radical (unpaired) electrons. The largest absolute Gasteiger partial charge is 0.378 e. The molecule has 0 bridgehead atoms. The van der Waals surface area contributed by atoms with E-state index in [4.69, 9.17) is 9.47 Å². The van der Waals surface area contributed by atoms with Crippen molar-refractivity contribution in [1.29, 1.82) is 0 Å². The molecule has 4 rings (SSSR count). The minimum absolute atomic E-state index is 0. The molecule has 2 N–H and O–H groups in total. The number of halogens is 1. The molecule has 5 nitrogen and oxygen atoms in total. The Morgan fingerprint density at radius 3 is 2.62 bits per heavy atom. The maximum Gasteiger partial charge on any atom is 0.191 e. The van der Waals surface area contributed by atoms with Gasteiger partial charge < -0.3 is 20.1 Å². The fourth-order valence-corrected chi connectivity index (χ4v) is 5.94. The lowest BCUT2D eigenvalue weighted by Gasteiger charge is -2.62. The second-order valence-electron chi connectivity index (χ2n) is 9.08. The van der Waals surface area contributed by atoms with E-state index in [1.54, 1.807) is 0 Å². The number of fused-ring (bicyclic) bond motifs is 1. The van der Waals surface area contributed by atoms with Crippen LogP contribution in [0.4, 0.5) is 0 Å². The molecule has 0 amide bonds. The summed E-state index contributed by atoms with van der Waals surface area (Å²) >= 11 is 0. The van der Waals surface area contributed by atoms with Crippen LogP contribution in [0.5, 0.6) is 0 Å². The highest BCUT2D eigenvalue weighted by Gasteiger charge is 2.60. The molecule has 1 heterocycles. The lowest BCUT2D eigenvalue weighted by molar-refractivity contribution is -0.189. The third-order valence-corrected chi connectivity index (χ3v) is 7.60. The van der Waals surface area contributed by atoms with Crippen LogP contribution >= 0.6 is 24.0 Å². The van der Waals surface area contributed by atoms with E-state index in [1.807, 2.05) is 7.05 Å². The molecular weight excluding hydrogens is 441 g/mol. The van der Waals surface area contributed by atoms with Gasteiger partial charge in [0.25, 0.3) is 0 Å². The summed E-state index contributed by atoms with van der Waals surface area (Å²) in [5, 5.41) is 7.48. The first-order valence-electron chi connectivity index (χ1n) is 10.3. The summed E-state index contributed by atoms with van der Waals surface area (Å²) in [7, 11) is 1.89. The molecule has 4 fully saturated rings. The number of hydrogen-bond donors (Lipinski definition) is 2. The third kappa shape index (κ3) is 3.08. The molecule has 4 aliphatic rings. The number of aliphatic imine (C=N–C) groups is 1. The van der Waals surface area contributed by atoms with Crippen LogP contribution in [0.3, 0.4) is 0 Å². The lowest BCUT2D eigenvalue weighted by atomic mass is 9.51. The van der Waals surface area contributed by atoms with Crippen LogP contribution in [-0.2, 0) is 9.47 Å². The highest BCUT2D eigenvalue weighted by molar-refractivity contribution is 14.0. The number of rotatable bonds is 4. The molecule has 5 unspecified atom stereocenters. The van der Waals surface area contributed by atoms with Crippen LogP contribution in [-0.4, -0.2) is 50.5 Å². The lowest BCUT2D eigenvalue weighted by Crippen LogP contribution is -2.73. The number of nitrogens with one attached hydrogen (secondary N) is 2. The van der Waals surface area contributed by atoms with Crippen molar-refractivity contribution in [1.82, 2.24) is 10.6 Å². The standard InChI is InChI=1S/C20H35N3O2.HI/c1-5-24-15-12-14(20(15)9-7-10-20)22-18(21-4)23-16-13-8-6-11-25-17(13)19(16,2)3;/h13-17H,5-12H2,1-4H3,(H2,21,22,23);1H. The first-order valence-corrected chi connectivity index (χ1v) is 10.3. The van der Waals surface area contributed by atoms with Crippen LogP contribution in [0.1, 0.15) is 59.3 Å². The quantitative estimate of drug-likeness (QED) is 0.371. The number of ether oxygens (including phenoxy) is 2. The molecule has 26 heavy (non-hydrogen) atoms. The Hall–Kier alpha value is -0.0800. The summed E-state index contributed by atoms with van der Waals surface area (Å²) in [5.74, 6) is 1.59. The SMILES string of the molecule is CCOC1CC(NC(=NC)NC2C3CCCOC3C2(C)C)C12CCC2.I. The van der Waals surface area contributed by atoms with Crippen molar-refractivity contribution in [2.75, 3.05) is 20.3 Å². The van der Waals surface area contributed by atoms with Crippen molar-refractivity contribution in [3.8, 4) is 0 Å². The Morgan fingerprint density at radius 1 is 1.23 bits per heavy atom. The molecule has 1 aliphatic heterocycles. The van der Waals surface area contributed by atoms with Crippen LogP contribution in [0.2, 0.25) is 0 Å². The van der Waals surface area contributed by atoms with Crippen molar-refractivity contribution in [2.24, 2.45) is 21.7 Å². The molecule has 0 aromatic heterocycles. The van der Waals surface area contributed by atoms with Crippen LogP contribution < -0.4 is 10.6 Å². The number of nitrogens with zero attached hydrogens (tertiary/aromatic N) is 1. The fraction of sp³-hybridized carbons (Fsp3) is 0.950. The van der Waals surface area contributed by atoms with E-state index in [9.17, 15) is 0 Å². The van der Waals surface area contributed by atoms with Crippen molar-refractivity contribution in [3.05, 3.63) is 0 Å². The summed E-state index contributed by atoms with van der Waals surface area (Å²) in [6.45, 7) is 8.51. The molecule has 0 aromatic carbocycles. The highest BCUT2D eigenvalue weighted by Crippen LogP contribution is 2.57. The average Bonchev–Trinajstić information content (AvgIpc) is 2.55. The van der Waals surface area contributed by atoms with Gasteiger partial charge in [-0.15, -0.1) is 24.0 Å². The maximum atomic E-state index is 6.03. The van der Waals surface area contributed by atoms with E-state index in [1.165, 1.54) is 32.1 Å². The first kappa shape index (κ1) is 20.6.